The van der Waals surface area contributed by atoms with Gasteiger partial charge in [-0.2, -0.15) is 0 Å². The van der Waals surface area contributed by atoms with Gasteiger partial charge in [-0.1, -0.05) is 6.92 Å². The summed E-state index contributed by atoms with van der Waals surface area (Å²) in [4.78, 5) is 0. The highest BCUT2D eigenvalue weighted by Crippen LogP contribution is 2.02. The van der Waals surface area contributed by atoms with Crippen molar-refractivity contribution in [3.05, 3.63) is 0 Å². The van der Waals surface area contributed by atoms with Crippen molar-refractivity contribution in [2.75, 3.05) is 7.05 Å². The topological polar surface area (TPSA) is 38.0 Å². The molecule has 0 aliphatic rings. The zero-order valence-corrected chi connectivity index (χ0v) is 7.35. The Labute approximate surface area is 64.2 Å². The van der Waals surface area contributed by atoms with E-state index < -0.39 is 0 Å². The number of hydrogen-bond acceptors (Lipinski definition) is 2. The van der Waals surface area contributed by atoms with Gasteiger partial charge in [-0.05, 0) is 33.2 Å². The van der Waals surface area contributed by atoms with E-state index in [1.54, 1.807) is 0 Å². The van der Waals surface area contributed by atoms with Gasteiger partial charge in [-0.3, -0.25) is 0 Å². The third-order valence-corrected chi connectivity index (χ3v) is 1.87. The lowest BCUT2D eigenvalue weighted by Gasteiger charge is -2.14. The van der Waals surface area contributed by atoms with Crippen LogP contribution in [0.3, 0.4) is 0 Å². The number of nitrogens with one attached hydrogen (secondary N) is 1. The van der Waals surface area contributed by atoms with Crippen molar-refractivity contribution in [3.8, 4) is 0 Å². The molecule has 0 fully saturated rings. The summed E-state index contributed by atoms with van der Waals surface area (Å²) in [5.41, 5.74) is 5.62. The highest BCUT2D eigenvalue weighted by atomic mass is 14.9. The van der Waals surface area contributed by atoms with E-state index in [1.807, 2.05) is 7.05 Å². The summed E-state index contributed by atoms with van der Waals surface area (Å²) in [5, 5.41) is 3.25. The van der Waals surface area contributed by atoms with Crippen molar-refractivity contribution in [1.82, 2.24) is 5.32 Å². The predicted octanol–water partition coefficient (Wildman–Crippen LogP) is 1.11. The number of rotatable bonds is 5. The molecule has 2 atom stereocenters. The predicted molar refractivity (Wildman–Crippen MR) is 46.0 cm³/mol. The molecular formula is C8H20N2. The van der Waals surface area contributed by atoms with E-state index in [2.05, 4.69) is 19.2 Å². The molecule has 0 aromatic heterocycles. The molecular weight excluding hydrogens is 124 g/mol. The second-order valence-electron chi connectivity index (χ2n) is 2.95. The number of nitrogens with two attached hydrogens (primary N) is 1. The fraction of sp³-hybridized carbons (Fsp3) is 1.00. The fourth-order valence-electron chi connectivity index (χ4n) is 1.02. The lowest BCUT2D eigenvalue weighted by Crippen LogP contribution is -2.27. The van der Waals surface area contributed by atoms with Gasteiger partial charge >= 0.3 is 0 Å². The van der Waals surface area contributed by atoms with Gasteiger partial charge in [0.15, 0.2) is 0 Å². The minimum Gasteiger partial charge on any atom is -0.328 e. The van der Waals surface area contributed by atoms with E-state index in [0.717, 1.165) is 6.42 Å². The van der Waals surface area contributed by atoms with E-state index in [9.17, 15) is 0 Å². The molecule has 0 aromatic rings. The molecule has 2 heteroatoms. The van der Waals surface area contributed by atoms with Gasteiger partial charge in [0.25, 0.3) is 0 Å². The average Bonchev–Trinajstić information content (AvgIpc) is 1.90. The summed E-state index contributed by atoms with van der Waals surface area (Å²) in [5.74, 6) is 0. The zero-order chi connectivity index (χ0) is 7.98. The summed E-state index contributed by atoms with van der Waals surface area (Å²) in [7, 11) is 2.01. The lowest BCUT2D eigenvalue weighted by atomic mass is 10.1. The van der Waals surface area contributed by atoms with E-state index in [1.165, 1.54) is 12.8 Å². The smallest absolute Gasteiger partial charge is 0.00620 e. The summed E-state index contributed by atoms with van der Waals surface area (Å²) in [6.07, 6.45) is 3.52. The van der Waals surface area contributed by atoms with Crippen molar-refractivity contribution in [1.29, 1.82) is 0 Å². The van der Waals surface area contributed by atoms with Gasteiger partial charge in [0.1, 0.15) is 0 Å². The summed E-state index contributed by atoms with van der Waals surface area (Å²) >= 11 is 0. The second-order valence-corrected chi connectivity index (χ2v) is 2.95. The Kier molecular flexibility index (Phi) is 5.64. The van der Waals surface area contributed by atoms with Gasteiger partial charge in [0.2, 0.25) is 0 Å². The minimum atomic E-state index is 0.349. The first-order valence-electron chi connectivity index (χ1n) is 4.13. The Balaban J connectivity index is 3.26. The molecule has 0 heterocycles. The molecule has 0 amide bonds. The van der Waals surface area contributed by atoms with Gasteiger partial charge in [-0.25, -0.2) is 0 Å². The van der Waals surface area contributed by atoms with Crippen LogP contribution in [-0.4, -0.2) is 19.1 Å². The molecule has 2 nitrogen and oxygen atoms in total. The summed E-state index contributed by atoms with van der Waals surface area (Å²) < 4.78 is 0. The molecule has 0 aliphatic heterocycles. The third-order valence-electron chi connectivity index (χ3n) is 1.87. The summed E-state index contributed by atoms with van der Waals surface area (Å²) in [6.45, 7) is 4.25. The monoisotopic (exact) mass is 144 g/mol. The Morgan fingerprint density at radius 2 is 2.00 bits per heavy atom. The van der Waals surface area contributed by atoms with Gasteiger partial charge < -0.3 is 11.1 Å². The Morgan fingerprint density at radius 3 is 2.30 bits per heavy atom. The summed E-state index contributed by atoms with van der Waals surface area (Å²) in [6, 6.07) is 1.01. The van der Waals surface area contributed by atoms with Crippen molar-refractivity contribution in [2.45, 2.75) is 45.2 Å². The van der Waals surface area contributed by atoms with Crippen LogP contribution in [0, 0.1) is 0 Å². The molecule has 62 valence electrons. The van der Waals surface area contributed by atoms with Crippen LogP contribution in [0.5, 0.6) is 0 Å². The third kappa shape index (κ3) is 4.77. The van der Waals surface area contributed by atoms with Crippen LogP contribution >= 0.6 is 0 Å². The maximum Gasteiger partial charge on any atom is 0.00620 e. The highest BCUT2D eigenvalue weighted by molar-refractivity contribution is 4.64. The zero-order valence-electron chi connectivity index (χ0n) is 7.35. The van der Waals surface area contributed by atoms with Crippen LogP contribution in [-0.2, 0) is 0 Å². The maximum absolute atomic E-state index is 5.62. The minimum absolute atomic E-state index is 0.349. The molecule has 0 radical (unpaired) electrons. The maximum atomic E-state index is 5.62. The van der Waals surface area contributed by atoms with E-state index >= 15 is 0 Å². The molecule has 0 spiro atoms. The van der Waals surface area contributed by atoms with E-state index in [0.29, 0.717) is 12.1 Å². The number of hydrogen-bond donors (Lipinski definition) is 2. The molecule has 2 unspecified atom stereocenters. The Hall–Kier alpha value is -0.0800. The van der Waals surface area contributed by atoms with E-state index in [-0.39, 0.29) is 0 Å². The van der Waals surface area contributed by atoms with Crippen molar-refractivity contribution in [3.63, 3.8) is 0 Å². The van der Waals surface area contributed by atoms with Crippen LogP contribution in [0.15, 0.2) is 0 Å². The van der Waals surface area contributed by atoms with Crippen molar-refractivity contribution in [2.24, 2.45) is 5.73 Å². The second kappa shape index (κ2) is 5.69. The normalized spacial score (nSPS) is 16.8. The Morgan fingerprint density at radius 1 is 1.40 bits per heavy atom. The molecule has 3 N–H and O–H groups in total. The van der Waals surface area contributed by atoms with Crippen LogP contribution in [0.25, 0.3) is 0 Å². The largest absolute Gasteiger partial charge is 0.328 e. The van der Waals surface area contributed by atoms with Crippen LogP contribution < -0.4 is 11.1 Å². The van der Waals surface area contributed by atoms with Gasteiger partial charge in [0, 0.05) is 12.1 Å². The first-order chi connectivity index (χ1) is 4.70. The quantitative estimate of drug-likeness (QED) is 0.606. The molecule has 0 saturated carbocycles. The van der Waals surface area contributed by atoms with Crippen LogP contribution in [0.2, 0.25) is 0 Å². The first-order valence-corrected chi connectivity index (χ1v) is 4.13. The molecule has 0 rings (SSSR count). The highest BCUT2D eigenvalue weighted by Gasteiger charge is 2.03. The van der Waals surface area contributed by atoms with Crippen molar-refractivity contribution < 1.29 is 0 Å². The Bertz CT molecular complexity index is 67.7. The average molecular weight is 144 g/mol. The molecule has 0 aromatic carbocycles. The first kappa shape index (κ1) is 9.92. The van der Waals surface area contributed by atoms with Crippen LogP contribution in [0.1, 0.15) is 33.1 Å². The lowest BCUT2D eigenvalue weighted by molar-refractivity contribution is 0.469. The van der Waals surface area contributed by atoms with Gasteiger partial charge in [-0.15, -0.1) is 0 Å². The van der Waals surface area contributed by atoms with Crippen molar-refractivity contribution >= 4 is 0 Å². The molecule has 0 saturated heterocycles. The fourth-order valence-corrected chi connectivity index (χ4v) is 1.02. The van der Waals surface area contributed by atoms with E-state index in [4.69, 9.17) is 5.73 Å². The SMILES string of the molecule is CCC(CCC(C)N)NC. The van der Waals surface area contributed by atoms with Crippen LogP contribution in [0.4, 0.5) is 0 Å². The van der Waals surface area contributed by atoms with Gasteiger partial charge in [0.05, 0.1) is 0 Å². The standard InChI is InChI=1S/C8H20N2/c1-4-8(10-3)6-5-7(2)9/h7-8,10H,4-6,9H2,1-3H3. The molecule has 0 aliphatic carbocycles. The molecule has 0 bridgehead atoms. The molecule has 10 heavy (non-hydrogen) atoms.